The number of hydrogen-bond donors (Lipinski definition) is 1. The SMILES string of the molecule is COc1cc(=O)n2c(c1C(=O)Nc1cccc(Cl)c1)CCCC2. The summed E-state index contributed by atoms with van der Waals surface area (Å²) in [7, 11) is 1.46. The van der Waals surface area contributed by atoms with E-state index in [2.05, 4.69) is 5.32 Å². The van der Waals surface area contributed by atoms with E-state index in [9.17, 15) is 9.59 Å². The minimum atomic E-state index is -0.297. The van der Waals surface area contributed by atoms with Gasteiger partial charge in [-0.05, 0) is 37.5 Å². The van der Waals surface area contributed by atoms with Crippen molar-refractivity contribution in [3.8, 4) is 5.75 Å². The standard InChI is InChI=1S/C17H17ClN2O3/c1-23-14-10-15(21)20-8-3-2-7-13(20)16(14)17(22)19-12-6-4-5-11(18)9-12/h4-6,9-10H,2-3,7-8H2,1H3,(H,19,22). The number of amides is 1. The first-order chi connectivity index (χ1) is 11.1. The number of carbonyl (C=O) groups excluding carboxylic acids is 1. The number of anilines is 1. The number of fused-ring (bicyclic) bond motifs is 1. The second-order valence-corrected chi connectivity index (χ2v) is 5.88. The van der Waals surface area contributed by atoms with Crippen LogP contribution in [-0.4, -0.2) is 17.6 Å². The lowest BCUT2D eigenvalue weighted by Crippen LogP contribution is -2.30. The second kappa shape index (κ2) is 6.46. The summed E-state index contributed by atoms with van der Waals surface area (Å²) in [4.78, 5) is 24.9. The molecule has 0 atom stereocenters. The number of aromatic nitrogens is 1. The highest BCUT2D eigenvalue weighted by Gasteiger charge is 2.24. The molecule has 1 aliphatic rings. The van der Waals surface area contributed by atoms with Gasteiger partial charge in [0, 0.05) is 29.0 Å². The Morgan fingerprint density at radius 2 is 2.13 bits per heavy atom. The molecule has 1 aromatic carbocycles. The van der Waals surface area contributed by atoms with Gasteiger partial charge in [0.15, 0.2) is 0 Å². The highest BCUT2D eigenvalue weighted by molar-refractivity contribution is 6.31. The van der Waals surface area contributed by atoms with Crippen molar-refractivity contribution in [1.82, 2.24) is 4.57 Å². The summed E-state index contributed by atoms with van der Waals surface area (Å²) in [6.07, 6.45) is 2.57. The molecule has 1 aliphatic heterocycles. The quantitative estimate of drug-likeness (QED) is 0.939. The summed E-state index contributed by atoms with van der Waals surface area (Å²) in [5.74, 6) is 0.0115. The predicted octanol–water partition coefficient (Wildman–Crippen LogP) is 3.10. The number of methoxy groups -OCH3 is 1. The van der Waals surface area contributed by atoms with Gasteiger partial charge in [0.05, 0.1) is 7.11 Å². The molecule has 1 N–H and O–H groups in total. The first kappa shape index (κ1) is 15.6. The average molecular weight is 333 g/mol. The number of halogens is 1. The minimum absolute atomic E-state index is 0.129. The Hall–Kier alpha value is -2.27. The Morgan fingerprint density at radius 1 is 1.30 bits per heavy atom. The average Bonchev–Trinajstić information content (AvgIpc) is 2.54. The van der Waals surface area contributed by atoms with Crippen LogP contribution in [0.4, 0.5) is 5.69 Å². The van der Waals surface area contributed by atoms with Crippen molar-refractivity contribution in [1.29, 1.82) is 0 Å². The van der Waals surface area contributed by atoms with Crippen LogP contribution < -0.4 is 15.6 Å². The molecule has 0 saturated heterocycles. The zero-order valence-electron chi connectivity index (χ0n) is 12.8. The first-order valence-electron chi connectivity index (χ1n) is 7.48. The fourth-order valence-corrected chi connectivity index (χ4v) is 3.09. The lowest BCUT2D eigenvalue weighted by Gasteiger charge is -2.22. The molecule has 2 heterocycles. The largest absolute Gasteiger partial charge is 0.496 e. The highest BCUT2D eigenvalue weighted by atomic mass is 35.5. The molecule has 0 unspecified atom stereocenters. The number of nitrogens with one attached hydrogen (secondary N) is 1. The Bertz CT molecular complexity index is 814. The van der Waals surface area contributed by atoms with Gasteiger partial charge in [-0.25, -0.2) is 0 Å². The van der Waals surface area contributed by atoms with Gasteiger partial charge in [-0.1, -0.05) is 17.7 Å². The molecule has 0 spiro atoms. The van der Waals surface area contributed by atoms with Gasteiger partial charge in [0.1, 0.15) is 11.3 Å². The van der Waals surface area contributed by atoms with Gasteiger partial charge in [-0.3, -0.25) is 9.59 Å². The van der Waals surface area contributed by atoms with Gasteiger partial charge in [-0.2, -0.15) is 0 Å². The van der Waals surface area contributed by atoms with Gasteiger partial charge >= 0.3 is 0 Å². The lowest BCUT2D eigenvalue weighted by molar-refractivity contribution is 0.102. The Morgan fingerprint density at radius 3 is 2.87 bits per heavy atom. The number of benzene rings is 1. The number of hydrogen-bond acceptors (Lipinski definition) is 3. The molecule has 23 heavy (non-hydrogen) atoms. The molecular weight excluding hydrogens is 316 g/mol. The monoisotopic (exact) mass is 332 g/mol. The summed E-state index contributed by atoms with van der Waals surface area (Å²) in [5, 5.41) is 3.37. The number of pyridine rings is 1. The van der Waals surface area contributed by atoms with Crippen molar-refractivity contribution < 1.29 is 9.53 Å². The number of nitrogens with zero attached hydrogens (tertiary/aromatic N) is 1. The van der Waals surface area contributed by atoms with Crippen LogP contribution in [0, 0.1) is 0 Å². The maximum absolute atomic E-state index is 12.7. The fourth-order valence-electron chi connectivity index (χ4n) is 2.90. The molecule has 3 rings (SSSR count). The summed E-state index contributed by atoms with van der Waals surface area (Å²) in [6.45, 7) is 0.635. The third-order valence-corrected chi connectivity index (χ3v) is 4.19. The van der Waals surface area contributed by atoms with E-state index in [1.165, 1.54) is 13.2 Å². The van der Waals surface area contributed by atoms with E-state index in [0.717, 1.165) is 18.5 Å². The predicted molar refractivity (Wildman–Crippen MR) is 89.6 cm³/mol. The molecule has 0 fully saturated rings. The summed E-state index contributed by atoms with van der Waals surface area (Å²) >= 11 is 5.95. The first-order valence-corrected chi connectivity index (χ1v) is 7.85. The van der Waals surface area contributed by atoms with Crippen LogP contribution in [0.1, 0.15) is 28.9 Å². The van der Waals surface area contributed by atoms with Gasteiger partial charge in [-0.15, -0.1) is 0 Å². The van der Waals surface area contributed by atoms with E-state index in [4.69, 9.17) is 16.3 Å². The Balaban J connectivity index is 2.04. The molecule has 0 saturated carbocycles. The van der Waals surface area contributed by atoms with Crippen molar-refractivity contribution in [3.05, 3.63) is 57.0 Å². The molecular formula is C17H17ClN2O3. The van der Waals surface area contributed by atoms with Crippen molar-refractivity contribution in [2.45, 2.75) is 25.8 Å². The number of carbonyl (C=O) groups is 1. The van der Waals surface area contributed by atoms with E-state index >= 15 is 0 Å². The van der Waals surface area contributed by atoms with E-state index in [1.54, 1.807) is 28.8 Å². The summed E-state index contributed by atoms with van der Waals surface area (Å²) in [6, 6.07) is 8.31. The highest BCUT2D eigenvalue weighted by Crippen LogP contribution is 2.26. The Labute approximate surface area is 138 Å². The van der Waals surface area contributed by atoms with Crippen LogP contribution in [0.15, 0.2) is 35.1 Å². The van der Waals surface area contributed by atoms with Crippen molar-refractivity contribution in [2.24, 2.45) is 0 Å². The molecule has 0 bridgehead atoms. The van der Waals surface area contributed by atoms with Crippen molar-refractivity contribution in [2.75, 3.05) is 12.4 Å². The fraction of sp³-hybridized carbons (Fsp3) is 0.294. The van der Waals surface area contributed by atoms with E-state index in [1.807, 2.05) is 0 Å². The molecule has 5 nitrogen and oxygen atoms in total. The van der Waals surface area contributed by atoms with Gasteiger partial charge in [0.2, 0.25) is 0 Å². The van der Waals surface area contributed by atoms with E-state index in [-0.39, 0.29) is 11.5 Å². The summed E-state index contributed by atoms with van der Waals surface area (Å²) in [5.41, 5.74) is 1.63. The zero-order valence-corrected chi connectivity index (χ0v) is 13.5. The van der Waals surface area contributed by atoms with Gasteiger partial charge < -0.3 is 14.6 Å². The number of ether oxygens (including phenoxy) is 1. The van der Waals surface area contributed by atoms with Crippen LogP contribution in [0.2, 0.25) is 5.02 Å². The van der Waals surface area contributed by atoms with E-state index in [0.29, 0.717) is 35.0 Å². The Kier molecular flexibility index (Phi) is 4.39. The van der Waals surface area contributed by atoms with Crippen LogP contribution >= 0.6 is 11.6 Å². The third-order valence-electron chi connectivity index (χ3n) is 3.96. The minimum Gasteiger partial charge on any atom is -0.496 e. The zero-order chi connectivity index (χ0) is 16.4. The maximum Gasteiger partial charge on any atom is 0.261 e. The molecule has 0 radical (unpaired) electrons. The van der Waals surface area contributed by atoms with Crippen LogP contribution in [-0.2, 0) is 13.0 Å². The molecule has 0 aliphatic carbocycles. The number of rotatable bonds is 3. The lowest BCUT2D eigenvalue weighted by atomic mass is 10.0. The maximum atomic E-state index is 12.7. The summed E-state index contributed by atoms with van der Waals surface area (Å²) < 4.78 is 6.94. The molecule has 120 valence electrons. The topological polar surface area (TPSA) is 60.3 Å². The van der Waals surface area contributed by atoms with Crippen LogP contribution in [0.25, 0.3) is 0 Å². The smallest absolute Gasteiger partial charge is 0.261 e. The van der Waals surface area contributed by atoms with Crippen molar-refractivity contribution in [3.63, 3.8) is 0 Å². The molecule has 2 aromatic rings. The van der Waals surface area contributed by atoms with Crippen LogP contribution in [0.5, 0.6) is 5.75 Å². The van der Waals surface area contributed by atoms with Gasteiger partial charge in [0.25, 0.3) is 11.5 Å². The third kappa shape index (κ3) is 3.10. The normalized spacial score (nSPS) is 13.3. The van der Waals surface area contributed by atoms with Crippen molar-refractivity contribution >= 4 is 23.2 Å². The molecule has 6 heteroatoms. The molecule has 1 aromatic heterocycles. The second-order valence-electron chi connectivity index (χ2n) is 5.45. The van der Waals surface area contributed by atoms with E-state index < -0.39 is 0 Å². The molecule has 1 amide bonds. The van der Waals surface area contributed by atoms with Crippen LogP contribution in [0.3, 0.4) is 0 Å².